The normalized spacial score (nSPS) is 33.9. The van der Waals surface area contributed by atoms with Crippen LogP contribution < -0.4 is 0 Å². The second-order valence-corrected chi connectivity index (χ2v) is 3.67. The Labute approximate surface area is 93.5 Å². The summed E-state index contributed by atoms with van der Waals surface area (Å²) in [6.45, 7) is 0. The standard InChI is InChI=1S/C10H16O6/c1-14-9-6(3-4-11)7(5-8(12)13)10(15-2)16-9/h4,6-7,9-10H,3,5H2,1-2H3,(H,12,13)/t6-,7+,9-,10+/m1/s1. The quantitative estimate of drug-likeness (QED) is 0.661. The zero-order valence-corrected chi connectivity index (χ0v) is 9.29. The molecule has 1 aliphatic rings. The molecule has 4 atom stereocenters. The summed E-state index contributed by atoms with van der Waals surface area (Å²) in [5, 5.41) is 8.79. The Morgan fingerprint density at radius 3 is 2.31 bits per heavy atom. The Kier molecular flexibility index (Phi) is 4.85. The first-order valence-electron chi connectivity index (χ1n) is 5.00. The van der Waals surface area contributed by atoms with Crippen molar-refractivity contribution in [3.63, 3.8) is 0 Å². The van der Waals surface area contributed by atoms with Gasteiger partial charge < -0.3 is 24.1 Å². The van der Waals surface area contributed by atoms with E-state index in [0.29, 0.717) is 0 Å². The number of carboxylic acids is 1. The fourth-order valence-electron chi connectivity index (χ4n) is 2.04. The van der Waals surface area contributed by atoms with Crippen LogP contribution in [0.4, 0.5) is 0 Å². The molecule has 1 N–H and O–H groups in total. The Morgan fingerprint density at radius 2 is 1.88 bits per heavy atom. The smallest absolute Gasteiger partial charge is 0.303 e. The zero-order valence-electron chi connectivity index (χ0n) is 9.29. The molecule has 92 valence electrons. The molecular weight excluding hydrogens is 216 g/mol. The Hall–Kier alpha value is -0.980. The molecule has 0 aromatic heterocycles. The molecule has 1 aliphatic heterocycles. The van der Waals surface area contributed by atoms with E-state index in [1.54, 1.807) is 0 Å². The molecule has 16 heavy (non-hydrogen) atoms. The van der Waals surface area contributed by atoms with E-state index in [-0.39, 0.29) is 24.7 Å². The van der Waals surface area contributed by atoms with Crippen LogP contribution in [0.3, 0.4) is 0 Å². The van der Waals surface area contributed by atoms with Crippen molar-refractivity contribution >= 4 is 12.3 Å². The molecule has 0 unspecified atom stereocenters. The molecule has 1 fully saturated rings. The third-order valence-corrected chi connectivity index (χ3v) is 2.76. The highest BCUT2D eigenvalue weighted by Crippen LogP contribution is 2.37. The number of hydrogen-bond donors (Lipinski definition) is 1. The van der Waals surface area contributed by atoms with Crippen molar-refractivity contribution in [3.05, 3.63) is 0 Å². The topological polar surface area (TPSA) is 82.1 Å². The fourth-order valence-corrected chi connectivity index (χ4v) is 2.04. The number of hydrogen-bond acceptors (Lipinski definition) is 5. The van der Waals surface area contributed by atoms with Gasteiger partial charge in [0.05, 0.1) is 6.42 Å². The number of rotatable bonds is 6. The predicted octanol–water partition coefficient (Wildman–Crippen LogP) is 0.258. The molecule has 0 bridgehead atoms. The van der Waals surface area contributed by atoms with Gasteiger partial charge in [-0.1, -0.05) is 0 Å². The Balaban J connectivity index is 2.78. The summed E-state index contributed by atoms with van der Waals surface area (Å²) in [5.41, 5.74) is 0. The minimum absolute atomic E-state index is 0.100. The van der Waals surface area contributed by atoms with Crippen LogP contribution in [0.2, 0.25) is 0 Å². The highest BCUT2D eigenvalue weighted by atomic mass is 16.8. The van der Waals surface area contributed by atoms with Gasteiger partial charge >= 0.3 is 5.97 Å². The van der Waals surface area contributed by atoms with Gasteiger partial charge in [0.2, 0.25) is 0 Å². The second-order valence-electron chi connectivity index (χ2n) is 3.67. The summed E-state index contributed by atoms with van der Waals surface area (Å²) in [7, 11) is 2.90. The number of methoxy groups -OCH3 is 2. The highest BCUT2D eigenvalue weighted by Gasteiger charge is 2.45. The van der Waals surface area contributed by atoms with Crippen molar-refractivity contribution in [1.82, 2.24) is 0 Å². The van der Waals surface area contributed by atoms with Gasteiger partial charge in [-0.05, 0) is 0 Å². The molecule has 1 saturated heterocycles. The van der Waals surface area contributed by atoms with E-state index in [0.717, 1.165) is 6.29 Å². The van der Waals surface area contributed by atoms with Crippen LogP contribution in [0.15, 0.2) is 0 Å². The van der Waals surface area contributed by atoms with Gasteiger partial charge in [0, 0.05) is 32.5 Å². The molecule has 1 rings (SSSR count). The first-order valence-corrected chi connectivity index (χ1v) is 5.00. The average Bonchev–Trinajstić information content (AvgIpc) is 2.57. The van der Waals surface area contributed by atoms with Crippen molar-refractivity contribution in [2.45, 2.75) is 25.4 Å². The first kappa shape index (κ1) is 13.1. The van der Waals surface area contributed by atoms with Crippen LogP contribution in [0.5, 0.6) is 0 Å². The van der Waals surface area contributed by atoms with Crippen molar-refractivity contribution in [2.75, 3.05) is 14.2 Å². The highest BCUT2D eigenvalue weighted by molar-refractivity contribution is 5.67. The van der Waals surface area contributed by atoms with E-state index in [4.69, 9.17) is 19.3 Å². The van der Waals surface area contributed by atoms with E-state index in [1.807, 2.05) is 0 Å². The minimum Gasteiger partial charge on any atom is -0.481 e. The second kappa shape index (κ2) is 5.93. The number of aldehydes is 1. The zero-order chi connectivity index (χ0) is 12.1. The molecule has 6 heteroatoms. The SMILES string of the molecule is CO[C@H]1O[C@@H](OC)[C@H](CC=O)[C@@H]1CC(=O)O. The van der Waals surface area contributed by atoms with Gasteiger partial charge in [-0.3, -0.25) is 4.79 Å². The molecule has 0 aromatic carbocycles. The van der Waals surface area contributed by atoms with Crippen molar-refractivity contribution in [1.29, 1.82) is 0 Å². The summed E-state index contributed by atoms with van der Waals surface area (Å²) in [6.07, 6.45) is -0.370. The third kappa shape index (κ3) is 2.78. The van der Waals surface area contributed by atoms with Crippen molar-refractivity contribution in [2.24, 2.45) is 11.8 Å². The number of carboxylic acid groups (broad SMARTS) is 1. The van der Waals surface area contributed by atoms with E-state index in [9.17, 15) is 9.59 Å². The van der Waals surface area contributed by atoms with Gasteiger partial charge in [-0.25, -0.2) is 0 Å². The molecule has 6 nitrogen and oxygen atoms in total. The lowest BCUT2D eigenvalue weighted by atomic mass is 9.88. The molecule has 0 aliphatic carbocycles. The van der Waals surface area contributed by atoms with Gasteiger partial charge in [0.1, 0.15) is 6.29 Å². The lowest BCUT2D eigenvalue weighted by Crippen LogP contribution is -2.26. The minimum atomic E-state index is -0.941. The lowest BCUT2D eigenvalue weighted by Gasteiger charge is -2.19. The molecule has 0 spiro atoms. The van der Waals surface area contributed by atoms with E-state index >= 15 is 0 Å². The molecule has 0 radical (unpaired) electrons. The average molecular weight is 232 g/mol. The van der Waals surface area contributed by atoms with Gasteiger partial charge in [-0.2, -0.15) is 0 Å². The third-order valence-electron chi connectivity index (χ3n) is 2.76. The predicted molar refractivity (Wildman–Crippen MR) is 52.6 cm³/mol. The van der Waals surface area contributed by atoms with E-state index in [1.165, 1.54) is 14.2 Å². The summed E-state index contributed by atoms with van der Waals surface area (Å²) < 4.78 is 15.5. The molecule has 0 amide bonds. The van der Waals surface area contributed by atoms with Crippen LogP contribution in [0.1, 0.15) is 12.8 Å². The van der Waals surface area contributed by atoms with Gasteiger partial charge in [0.15, 0.2) is 12.6 Å². The summed E-state index contributed by atoms with van der Waals surface area (Å²) >= 11 is 0. The number of aliphatic carboxylic acids is 1. The van der Waals surface area contributed by atoms with Gasteiger partial charge in [0.25, 0.3) is 0 Å². The maximum absolute atomic E-state index is 10.7. The fraction of sp³-hybridized carbons (Fsp3) is 0.800. The maximum Gasteiger partial charge on any atom is 0.303 e. The molecule has 0 saturated carbocycles. The van der Waals surface area contributed by atoms with E-state index in [2.05, 4.69) is 0 Å². The van der Waals surface area contributed by atoms with Crippen LogP contribution in [-0.2, 0) is 23.8 Å². The van der Waals surface area contributed by atoms with Crippen LogP contribution in [-0.4, -0.2) is 44.2 Å². The Bertz CT molecular complexity index is 254. The number of carbonyl (C=O) groups is 2. The Morgan fingerprint density at radius 1 is 1.31 bits per heavy atom. The molecule has 0 aromatic rings. The van der Waals surface area contributed by atoms with Gasteiger partial charge in [-0.15, -0.1) is 0 Å². The number of carbonyl (C=O) groups excluding carboxylic acids is 1. The molecular formula is C10H16O6. The van der Waals surface area contributed by atoms with Crippen LogP contribution in [0.25, 0.3) is 0 Å². The summed E-state index contributed by atoms with van der Waals surface area (Å²) in [6, 6.07) is 0. The molecule has 1 heterocycles. The van der Waals surface area contributed by atoms with Crippen LogP contribution in [0, 0.1) is 11.8 Å². The van der Waals surface area contributed by atoms with Crippen LogP contribution >= 0.6 is 0 Å². The first-order chi connectivity index (χ1) is 7.63. The lowest BCUT2D eigenvalue weighted by molar-refractivity contribution is -0.198. The summed E-state index contributed by atoms with van der Waals surface area (Å²) in [5.74, 6) is -1.58. The summed E-state index contributed by atoms with van der Waals surface area (Å²) in [4.78, 5) is 21.3. The van der Waals surface area contributed by atoms with E-state index < -0.39 is 18.5 Å². The number of ether oxygens (including phenoxy) is 3. The van der Waals surface area contributed by atoms with Crippen molar-refractivity contribution in [3.8, 4) is 0 Å². The van der Waals surface area contributed by atoms with Crippen molar-refractivity contribution < 1.29 is 28.9 Å². The maximum atomic E-state index is 10.7. The monoisotopic (exact) mass is 232 g/mol. The largest absolute Gasteiger partial charge is 0.481 e.